The van der Waals surface area contributed by atoms with E-state index in [-0.39, 0.29) is 0 Å². The Balaban J connectivity index is 2.32. The van der Waals surface area contributed by atoms with Crippen LogP contribution in [0.2, 0.25) is 4.87 Å². The molecule has 0 radical (unpaired) electrons. The summed E-state index contributed by atoms with van der Waals surface area (Å²) in [5, 5.41) is 0. The summed E-state index contributed by atoms with van der Waals surface area (Å²) in [5.74, 6) is 0. The van der Waals surface area contributed by atoms with Crippen molar-refractivity contribution in [1.82, 2.24) is 0 Å². The summed E-state index contributed by atoms with van der Waals surface area (Å²) in [7, 11) is 0. The van der Waals surface area contributed by atoms with Crippen molar-refractivity contribution in [3.05, 3.63) is 0 Å². The van der Waals surface area contributed by atoms with Crippen LogP contribution in [-0.2, 0) is 0 Å². The fourth-order valence-electron chi connectivity index (χ4n) is 0. The van der Waals surface area contributed by atoms with Crippen LogP contribution >= 0.6 is 37.0 Å². The van der Waals surface area contributed by atoms with Gasteiger partial charge in [-0.1, -0.05) is 0 Å². The topological polar surface area (TPSA) is 0 Å². The van der Waals surface area contributed by atoms with Gasteiger partial charge < -0.3 is 0 Å². The first-order valence-corrected chi connectivity index (χ1v) is 18.2. The maximum absolute atomic E-state index is 2.51. The Hall–Kier alpha value is 2.28. The van der Waals surface area contributed by atoms with Gasteiger partial charge in [-0.2, -0.15) is 0 Å². The van der Waals surface area contributed by atoms with Crippen molar-refractivity contribution < 1.29 is 0 Å². The molecule has 0 aromatic carbocycles. The van der Waals surface area contributed by atoms with Gasteiger partial charge in [0.2, 0.25) is 0 Å². The predicted molar refractivity (Wildman–Crippen MR) is 39.7 cm³/mol. The molecule has 4 heavy (non-hydrogen) atoms. The molecule has 0 aromatic heterocycles. The van der Waals surface area contributed by atoms with Gasteiger partial charge in [0, 0.05) is 0 Å². The van der Waals surface area contributed by atoms with E-state index in [2.05, 4.69) is 41.9 Å². The van der Waals surface area contributed by atoms with Crippen LogP contribution in [0.3, 0.4) is 0 Å². The van der Waals surface area contributed by atoms with Gasteiger partial charge in [-0.25, -0.2) is 0 Å². The van der Waals surface area contributed by atoms with Gasteiger partial charge >= 0.3 is 54.0 Å². The molecular formula is CH3I2Sb. The standard InChI is InChI=1S/CH3.2HI.Sb/h1H3;2*1H;/q;;;+2/p-2. The summed E-state index contributed by atoms with van der Waals surface area (Å²) in [6, 6.07) is 0. The summed E-state index contributed by atoms with van der Waals surface area (Å²) in [5.41, 5.74) is 0. The molecule has 26 valence electrons. The van der Waals surface area contributed by atoms with E-state index in [1.807, 2.05) is 0 Å². The number of hydrogen-bond donors (Lipinski definition) is 0. The van der Waals surface area contributed by atoms with Crippen molar-refractivity contribution in [2.45, 2.75) is 4.87 Å². The summed E-state index contributed by atoms with van der Waals surface area (Å²) in [4.78, 5) is 2.32. The average Bonchev–Trinajstić information content (AvgIpc) is 0.811. The van der Waals surface area contributed by atoms with E-state index < -0.39 is 12.2 Å². The number of rotatable bonds is 0. The van der Waals surface area contributed by atoms with Crippen molar-refractivity contribution in [1.29, 1.82) is 0 Å². The van der Waals surface area contributed by atoms with Crippen molar-refractivity contribution in [3.63, 3.8) is 0 Å². The second kappa shape index (κ2) is 3.47. The zero-order chi connectivity index (χ0) is 3.58. The van der Waals surface area contributed by atoms with Crippen molar-refractivity contribution in [2.24, 2.45) is 0 Å². The van der Waals surface area contributed by atoms with E-state index >= 15 is 0 Å². The molecule has 0 aliphatic carbocycles. The van der Waals surface area contributed by atoms with Crippen molar-refractivity contribution in [2.75, 3.05) is 0 Å². The first-order chi connectivity index (χ1) is 1.73. The Morgan fingerprint density at radius 2 is 1.50 bits per heavy atom. The van der Waals surface area contributed by atoms with Crippen LogP contribution in [0.4, 0.5) is 0 Å². The Morgan fingerprint density at radius 3 is 1.50 bits per heavy atom. The molecule has 0 spiro atoms. The number of hydrogen-bond acceptors (Lipinski definition) is 0. The Kier molecular flexibility index (Phi) is 5.44. The third-order valence-corrected chi connectivity index (χ3v) is 0. The first kappa shape index (κ1) is 6.28. The molecule has 0 nitrogen and oxygen atoms in total. The van der Waals surface area contributed by atoms with Crippen LogP contribution in [-0.4, -0.2) is 12.2 Å². The van der Waals surface area contributed by atoms with Gasteiger partial charge in [0.25, 0.3) is 0 Å². The Labute approximate surface area is 52.8 Å². The summed E-state index contributed by atoms with van der Waals surface area (Å²) in [6.45, 7) is 0. The van der Waals surface area contributed by atoms with Crippen molar-refractivity contribution >= 4 is 49.2 Å². The van der Waals surface area contributed by atoms with Crippen molar-refractivity contribution in [3.8, 4) is 0 Å². The minimum atomic E-state index is -0.510. The molecule has 0 unspecified atom stereocenters. The molecule has 0 rings (SSSR count). The SMILES string of the molecule is [CH3][Sb]([I])[I]. The van der Waals surface area contributed by atoms with Crippen LogP contribution in [0.5, 0.6) is 0 Å². The average molecular weight is 391 g/mol. The van der Waals surface area contributed by atoms with Gasteiger partial charge in [-0.05, 0) is 0 Å². The molecule has 0 aliphatic rings. The third kappa shape index (κ3) is 8.86. The quantitative estimate of drug-likeness (QED) is 0.438. The normalized spacial score (nSPS) is 9.00. The Morgan fingerprint density at radius 1 is 1.50 bits per heavy atom. The minimum absolute atomic E-state index is 0.510. The van der Waals surface area contributed by atoms with E-state index in [9.17, 15) is 0 Å². The molecule has 0 saturated carbocycles. The second-order valence-electron chi connectivity index (χ2n) is 0.402. The van der Waals surface area contributed by atoms with Gasteiger partial charge in [0.15, 0.2) is 0 Å². The number of halogens is 2. The van der Waals surface area contributed by atoms with E-state index in [1.165, 1.54) is 0 Å². The monoisotopic (exact) mass is 390 g/mol. The first-order valence-electron chi connectivity index (χ1n) is 0.785. The van der Waals surface area contributed by atoms with Gasteiger partial charge in [-0.15, -0.1) is 0 Å². The van der Waals surface area contributed by atoms with Gasteiger partial charge in [0.1, 0.15) is 0 Å². The molecule has 0 aliphatic heterocycles. The van der Waals surface area contributed by atoms with Crippen LogP contribution in [0.15, 0.2) is 0 Å². The third-order valence-electron chi connectivity index (χ3n) is 0. The van der Waals surface area contributed by atoms with Crippen LogP contribution in [0.25, 0.3) is 0 Å². The van der Waals surface area contributed by atoms with Gasteiger partial charge in [-0.3, -0.25) is 0 Å². The van der Waals surface area contributed by atoms with Crippen LogP contribution < -0.4 is 0 Å². The molecule has 0 fully saturated rings. The summed E-state index contributed by atoms with van der Waals surface area (Å²) < 4.78 is 0. The maximum atomic E-state index is 2.51. The molecule has 0 bridgehead atoms. The molecule has 0 saturated heterocycles. The molecule has 3 heteroatoms. The van der Waals surface area contributed by atoms with Crippen LogP contribution in [0, 0.1) is 0 Å². The van der Waals surface area contributed by atoms with E-state index in [1.54, 1.807) is 0 Å². The second-order valence-corrected chi connectivity index (χ2v) is 34.5. The molecule has 0 atom stereocenters. The fourth-order valence-corrected chi connectivity index (χ4v) is 0. The van der Waals surface area contributed by atoms with Crippen LogP contribution in [0.1, 0.15) is 0 Å². The predicted octanol–water partition coefficient (Wildman–Crippen LogP) is 1.97. The molecular weight excluding hydrogens is 388 g/mol. The van der Waals surface area contributed by atoms with E-state index in [4.69, 9.17) is 0 Å². The molecule has 0 heterocycles. The summed E-state index contributed by atoms with van der Waals surface area (Å²) in [6.07, 6.45) is 0. The molecule has 0 aromatic rings. The van der Waals surface area contributed by atoms with E-state index in [0.717, 1.165) is 0 Å². The van der Waals surface area contributed by atoms with E-state index in [0.29, 0.717) is 0 Å². The summed E-state index contributed by atoms with van der Waals surface area (Å²) >= 11 is 4.52. The molecule has 0 N–H and O–H groups in total. The zero-order valence-corrected chi connectivity index (χ0v) is 9.07. The fraction of sp³-hybridized carbons (Fsp3) is 1.00. The zero-order valence-electron chi connectivity index (χ0n) is 2.20. The van der Waals surface area contributed by atoms with Gasteiger partial charge in [0.05, 0.1) is 0 Å². The molecule has 0 amide bonds. The Bertz CT molecular complexity index is 10.8.